The van der Waals surface area contributed by atoms with Gasteiger partial charge in [-0.3, -0.25) is 9.10 Å². The number of anilines is 1. The summed E-state index contributed by atoms with van der Waals surface area (Å²) in [5.74, 6) is 0.711. The van der Waals surface area contributed by atoms with Crippen molar-refractivity contribution in [3.8, 4) is 11.5 Å². The normalized spacial score (nSPS) is 12.9. The Kier molecular flexibility index (Phi) is 5.84. The van der Waals surface area contributed by atoms with Gasteiger partial charge in [0.15, 0.2) is 11.5 Å². The maximum Gasteiger partial charge on any atom is 0.260 e. The number of para-hydroxylation sites is 1. The Bertz CT molecular complexity index is 1000. The minimum Gasteiger partial charge on any atom is -0.454 e. The van der Waals surface area contributed by atoms with Gasteiger partial charge in [0.25, 0.3) is 5.91 Å². The molecule has 0 radical (unpaired) electrons. The van der Waals surface area contributed by atoms with Crippen LogP contribution in [0.3, 0.4) is 0 Å². The molecule has 0 bridgehead atoms. The number of carbonyl (C=O) groups is 1. The summed E-state index contributed by atoms with van der Waals surface area (Å²) in [7, 11) is -3.64. The van der Waals surface area contributed by atoms with Crippen molar-refractivity contribution in [2.45, 2.75) is 13.3 Å². The van der Waals surface area contributed by atoms with Crippen LogP contribution < -0.4 is 19.2 Å². The molecule has 1 heterocycles. The highest BCUT2D eigenvalue weighted by atomic mass is 32.2. The molecule has 0 fully saturated rings. The average molecular weight is 403 g/mol. The molecule has 1 aliphatic rings. The molecule has 2 aromatic rings. The number of rotatable bonds is 7. The van der Waals surface area contributed by atoms with Crippen molar-refractivity contribution < 1.29 is 22.7 Å². The van der Waals surface area contributed by atoms with E-state index in [1.54, 1.807) is 30.3 Å². The standard InChI is InChI=1S/C19H21N3O5S/c1-3-15-6-4-5-7-16(15)22(28(2,24)25)12-19(23)21-20-11-14-8-9-17-18(10-14)27-13-26-17/h4-11H,3,12-13H2,1-2H3,(H,21,23)/b20-11-. The average Bonchev–Trinajstić information content (AvgIpc) is 3.13. The van der Waals surface area contributed by atoms with Crippen LogP contribution in [0, 0.1) is 0 Å². The van der Waals surface area contributed by atoms with Crippen LogP contribution in [-0.2, 0) is 21.2 Å². The lowest BCUT2D eigenvalue weighted by Crippen LogP contribution is -2.39. The zero-order valence-electron chi connectivity index (χ0n) is 15.6. The molecule has 0 aromatic heterocycles. The first kappa shape index (κ1) is 19.7. The summed E-state index contributed by atoms with van der Waals surface area (Å²) in [4.78, 5) is 12.3. The molecule has 1 aliphatic heterocycles. The van der Waals surface area contributed by atoms with E-state index in [0.29, 0.717) is 29.2 Å². The number of hydrogen-bond donors (Lipinski definition) is 1. The van der Waals surface area contributed by atoms with Crippen LogP contribution in [0.25, 0.3) is 0 Å². The van der Waals surface area contributed by atoms with E-state index in [1.807, 2.05) is 19.1 Å². The minimum atomic E-state index is -3.64. The van der Waals surface area contributed by atoms with Crippen LogP contribution in [-0.4, -0.2) is 40.1 Å². The second-order valence-corrected chi connectivity index (χ2v) is 8.06. The molecular weight excluding hydrogens is 382 g/mol. The summed E-state index contributed by atoms with van der Waals surface area (Å²) in [6, 6.07) is 12.3. The molecule has 1 N–H and O–H groups in total. The number of fused-ring (bicyclic) bond motifs is 1. The van der Waals surface area contributed by atoms with Crippen molar-refractivity contribution in [1.82, 2.24) is 5.43 Å². The maximum atomic E-state index is 12.3. The lowest BCUT2D eigenvalue weighted by atomic mass is 10.1. The van der Waals surface area contributed by atoms with Gasteiger partial charge in [-0.2, -0.15) is 5.10 Å². The zero-order valence-corrected chi connectivity index (χ0v) is 16.4. The molecule has 2 aromatic carbocycles. The number of aryl methyl sites for hydroxylation is 1. The van der Waals surface area contributed by atoms with Gasteiger partial charge in [0.2, 0.25) is 16.8 Å². The first-order chi connectivity index (χ1) is 13.4. The van der Waals surface area contributed by atoms with Crippen molar-refractivity contribution in [3.05, 3.63) is 53.6 Å². The molecule has 0 atom stereocenters. The Morgan fingerprint density at radius 1 is 1.21 bits per heavy atom. The predicted molar refractivity (Wildman–Crippen MR) is 106 cm³/mol. The van der Waals surface area contributed by atoms with Crippen LogP contribution >= 0.6 is 0 Å². The largest absolute Gasteiger partial charge is 0.454 e. The van der Waals surface area contributed by atoms with Crippen molar-refractivity contribution in [2.75, 3.05) is 23.9 Å². The quantitative estimate of drug-likeness (QED) is 0.562. The zero-order chi connectivity index (χ0) is 20.1. The molecule has 3 rings (SSSR count). The summed E-state index contributed by atoms with van der Waals surface area (Å²) in [6.07, 6.45) is 3.17. The Labute approximate surface area is 163 Å². The fourth-order valence-electron chi connectivity index (χ4n) is 2.77. The highest BCUT2D eigenvalue weighted by molar-refractivity contribution is 7.92. The van der Waals surface area contributed by atoms with Crippen molar-refractivity contribution in [1.29, 1.82) is 0 Å². The van der Waals surface area contributed by atoms with E-state index >= 15 is 0 Å². The van der Waals surface area contributed by atoms with Gasteiger partial charge in [0.1, 0.15) is 6.54 Å². The van der Waals surface area contributed by atoms with E-state index in [2.05, 4.69) is 10.5 Å². The van der Waals surface area contributed by atoms with E-state index < -0.39 is 15.9 Å². The van der Waals surface area contributed by atoms with E-state index in [-0.39, 0.29) is 13.3 Å². The fourth-order valence-corrected chi connectivity index (χ4v) is 3.66. The van der Waals surface area contributed by atoms with Crippen LogP contribution in [0.2, 0.25) is 0 Å². The summed E-state index contributed by atoms with van der Waals surface area (Å²) in [5, 5.41) is 3.90. The highest BCUT2D eigenvalue weighted by Crippen LogP contribution is 2.32. The van der Waals surface area contributed by atoms with E-state index in [1.165, 1.54) is 6.21 Å². The molecule has 148 valence electrons. The van der Waals surface area contributed by atoms with E-state index in [9.17, 15) is 13.2 Å². The third-order valence-corrected chi connectivity index (χ3v) is 5.25. The van der Waals surface area contributed by atoms with Gasteiger partial charge in [-0.05, 0) is 41.8 Å². The van der Waals surface area contributed by atoms with Crippen LogP contribution in [0.5, 0.6) is 11.5 Å². The van der Waals surface area contributed by atoms with Crippen LogP contribution in [0.15, 0.2) is 47.6 Å². The second kappa shape index (κ2) is 8.30. The molecule has 0 saturated carbocycles. The number of hydrogen-bond acceptors (Lipinski definition) is 6. The molecule has 0 spiro atoms. The number of hydrazone groups is 1. The third kappa shape index (κ3) is 4.61. The summed E-state index contributed by atoms with van der Waals surface area (Å²) in [5.41, 5.74) is 4.40. The number of nitrogens with zero attached hydrogens (tertiary/aromatic N) is 2. The number of carbonyl (C=O) groups excluding carboxylic acids is 1. The molecule has 0 saturated heterocycles. The molecule has 0 aliphatic carbocycles. The minimum absolute atomic E-state index is 0.174. The number of amides is 1. The van der Waals surface area contributed by atoms with E-state index in [0.717, 1.165) is 16.1 Å². The SMILES string of the molecule is CCc1ccccc1N(CC(=O)N/N=C\c1ccc2c(c1)OCO2)S(C)(=O)=O. The van der Waals surface area contributed by atoms with E-state index in [4.69, 9.17) is 9.47 Å². The summed E-state index contributed by atoms with van der Waals surface area (Å²) in [6.45, 7) is 1.73. The maximum absolute atomic E-state index is 12.3. The fraction of sp³-hybridized carbons (Fsp3) is 0.263. The lowest BCUT2D eigenvalue weighted by Gasteiger charge is -2.23. The number of sulfonamides is 1. The first-order valence-electron chi connectivity index (χ1n) is 8.65. The molecule has 0 unspecified atom stereocenters. The number of benzene rings is 2. The van der Waals surface area contributed by atoms with Crippen LogP contribution in [0.4, 0.5) is 5.69 Å². The Morgan fingerprint density at radius 3 is 2.71 bits per heavy atom. The molecule has 8 nitrogen and oxygen atoms in total. The van der Waals surface area contributed by atoms with Crippen molar-refractivity contribution >= 4 is 27.8 Å². The van der Waals surface area contributed by atoms with Gasteiger partial charge in [-0.25, -0.2) is 13.8 Å². The van der Waals surface area contributed by atoms with Gasteiger partial charge < -0.3 is 9.47 Å². The topological polar surface area (TPSA) is 97.3 Å². The smallest absolute Gasteiger partial charge is 0.260 e. The van der Waals surface area contributed by atoms with Crippen molar-refractivity contribution in [2.24, 2.45) is 5.10 Å². The Hall–Kier alpha value is -3.07. The van der Waals surface area contributed by atoms with Gasteiger partial charge in [0.05, 0.1) is 18.2 Å². The molecule has 1 amide bonds. The highest BCUT2D eigenvalue weighted by Gasteiger charge is 2.22. The lowest BCUT2D eigenvalue weighted by molar-refractivity contribution is -0.119. The van der Waals surface area contributed by atoms with Crippen molar-refractivity contribution in [3.63, 3.8) is 0 Å². The molecule has 28 heavy (non-hydrogen) atoms. The van der Waals surface area contributed by atoms with Gasteiger partial charge >= 0.3 is 0 Å². The Morgan fingerprint density at radius 2 is 1.96 bits per heavy atom. The summed E-state index contributed by atoms with van der Waals surface area (Å²) >= 11 is 0. The third-order valence-electron chi connectivity index (χ3n) is 4.13. The molecule has 9 heteroatoms. The number of nitrogens with one attached hydrogen (secondary N) is 1. The monoisotopic (exact) mass is 403 g/mol. The summed E-state index contributed by atoms with van der Waals surface area (Å²) < 4.78 is 36.0. The van der Waals surface area contributed by atoms with Gasteiger partial charge in [-0.15, -0.1) is 0 Å². The second-order valence-electron chi connectivity index (χ2n) is 6.16. The Balaban J connectivity index is 1.69. The van der Waals surface area contributed by atoms with Crippen LogP contribution in [0.1, 0.15) is 18.1 Å². The first-order valence-corrected chi connectivity index (χ1v) is 10.5. The number of ether oxygens (including phenoxy) is 2. The van der Waals surface area contributed by atoms with Gasteiger partial charge in [-0.1, -0.05) is 25.1 Å². The molecular formula is C19H21N3O5S. The van der Waals surface area contributed by atoms with Gasteiger partial charge in [0, 0.05) is 0 Å². The predicted octanol–water partition coefficient (Wildman–Crippen LogP) is 1.89.